The Bertz CT molecular complexity index is 478. The molecule has 2 aliphatic heterocycles. The molecule has 0 aromatic carbocycles. The molecule has 2 heterocycles. The summed E-state index contributed by atoms with van der Waals surface area (Å²) >= 11 is 0. The van der Waals surface area contributed by atoms with Gasteiger partial charge in [-0.05, 0) is 57.8 Å². The maximum Gasteiger partial charge on any atom is 0.227 e. The number of rotatable bonds is 4. The molecule has 2 saturated carbocycles. The van der Waals surface area contributed by atoms with Crippen LogP contribution in [-0.4, -0.2) is 78.0 Å². The van der Waals surface area contributed by atoms with Crippen molar-refractivity contribution in [1.82, 2.24) is 14.7 Å². The molecule has 4 aliphatic rings. The van der Waals surface area contributed by atoms with Crippen LogP contribution in [-0.2, 0) is 4.79 Å². The normalized spacial score (nSPS) is 42.4. The van der Waals surface area contributed by atoms with Gasteiger partial charge in [0.25, 0.3) is 0 Å². The minimum absolute atomic E-state index is 0.122. The summed E-state index contributed by atoms with van der Waals surface area (Å²) < 4.78 is 0. The lowest BCUT2D eigenvalue weighted by Crippen LogP contribution is -2.54. The molecule has 2 aliphatic carbocycles. The van der Waals surface area contributed by atoms with E-state index in [4.69, 9.17) is 5.73 Å². The molecule has 25 heavy (non-hydrogen) atoms. The van der Waals surface area contributed by atoms with Crippen molar-refractivity contribution in [3.8, 4) is 0 Å². The Kier molecular flexibility index (Phi) is 5.09. The van der Waals surface area contributed by atoms with E-state index in [1.54, 1.807) is 0 Å². The van der Waals surface area contributed by atoms with Crippen molar-refractivity contribution in [1.29, 1.82) is 0 Å². The molecule has 0 aromatic rings. The predicted molar refractivity (Wildman–Crippen MR) is 100 cm³/mol. The second kappa shape index (κ2) is 7.16. The summed E-state index contributed by atoms with van der Waals surface area (Å²) in [6.07, 6.45) is 6.35. The average molecular weight is 349 g/mol. The lowest BCUT2D eigenvalue weighted by Gasteiger charge is -2.39. The second-order valence-electron chi connectivity index (χ2n) is 9.12. The number of likely N-dealkylation sites (tertiary alicyclic amines) is 1. The number of amides is 1. The number of carbonyl (C=O) groups excluding carboxylic acids is 1. The summed E-state index contributed by atoms with van der Waals surface area (Å²) in [5.74, 6) is 1.67. The number of hydrogen-bond acceptors (Lipinski definition) is 4. The molecule has 5 nitrogen and oxygen atoms in total. The molecule has 4 rings (SSSR count). The highest BCUT2D eigenvalue weighted by Gasteiger charge is 2.50. The monoisotopic (exact) mass is 348 g/mol. The van der Waals surface area contributed by atoms with Crippen LogP contribution in [0, 0.1) is 17.8 Å². The summed E-state index contributed by atoms with van der Waals surface area (Å²) in [7, 11) is 0. The summed E-state index contributed by atoms with van der Waals surface area (Å²) in [4.78, 5) is 20.3. The zero-order valence-electron chi connectivity index (χ0n) is 16.1. The van der Waals surface area contributed by atoms with Crippen molar-refractivity contribution >= 4 is 5.91 Å². The molecule has 4 fully saturated rings. The SMILES string of the molecule is CC1CCC(C)N1CCN1CCN(C(=O)C2C3CCC(C3)C2N)CC1. The molecule has 0 spiro atoms. The number of piperazine rings is 1. The fourth-order valence-corrected chi connectivity index (χ4v) is 6.05. The first-order valence-electron chi connectivity index (χ1n) is 10.6. The molecule has 2 N–H and O–H groups in total. The van der Waals surface area contributed by atoms with Crippen LogP contribution >= 0.6 is 0 Å². The van der Waals surface area contributed by atoms with E-state index in [0.29, 0.717) is 17.7 Å². The predicted octanol–water partition coefficient (Wildman–Crippen LogP) is 1.38. The van der Waals surface area contributed by atoms with E-state index in [1.165, 1.54) is 38.6 Å². The molecule has 6 atom stereocenters. The molecule has 5 heteroatoms. The summed E-state index contributed by atoms with van der Waals surface area (Å²) in [5, 5.41) is 0. The molecule has 1 amide bonds. The number of nitrogens with two attached hydrogens (primary N) is 1. The van der Waals surface area contributed by atoms with E-state index < -0.39 is 0 Å². The first-order chi connectivity index (χ1) is 12.0. The topological polar surface area (TPSA) is 52.8 Å². The van der Waals surface area contributed by atoms with Gasteiger partial charge in [0, 0.05) is 57.4 Å². The highest BCUT2D eigenvalue weighted by Crippen LogP contribution is 2.48. The fourth-order valence-electron chi connectivity index (χ4n) is 6.05. The van der Waals surface area contributed by atoms with Crippen LogP contribution in [0.1, 0.15) is 46.0 Å². The number of nitrogens with zero attached hydrogens (tertiary/aromatic N) is 3. The number of carbonyl (C=O) groups is 1. The fraction of sp³-hybridized carbons (Fsp3) is 0.950. The van der Waals surface area contributed by atoms with Gasteiger partial charge in [-0.15, -0.1) is 0 Å². The smallest absolute Gasteiger partial charge is 0.227 e. The molecular weight excluding hydrogens is 312 g/mol. The third kappa shape index (κ3) is 3.35. The van der Waals surface area contributed by atoms with Gasteiger partial charge in [0.15, 0.2) is 0 Å². The van der Waals surface area contributed by atoms with Crippen LogP contribution in [0.2, 0.25) is 0 Å². The van der Waals surface area contributed by atoms with Crippen LogP contribution < -0.4 is 5.73 Å². The number of fused-ring (bicyclic) bond motifs is 2. The molecule has 0 aromatic heterocycles. The van der Waals surface area contributed by atoms with Gasteiger partial charge >= 0.3 is 0 Å². The van der Waals surface area contributed by atoms with E-state index in [0.717, 1.165) is 44.8 Å². The second-order valence-corrected chi connectivity index (χ2v) is 9.12. The minimum Gasteiger partial charge on any atom is -0.340 e. The molecular formula is C20H36N4O. The maximum atomic E-state index is 13.0. The Morgan fingerprint density at radius 1 is 0.920 bits per heavy atom. The Morgan fingerprint density at radius 3 is 2.16 bits per heavy atom. The van der Waals surface area contributed by atoms with Crippen molar-refractivity contribution in [3.63, 3.8) is 0 Å². The summed E-state index contributed by atoms with van der Waals surface area (Å²) in [5.41, 5.74) is 6.38. The maximum absolute atomic E-state index is 13.0. The van der Waals surface area contributed by atoms with Crippen LogP contribution in [0.15, 0.2) is 0 Å². The van der Waals surface area contributed by atoms with Gasteiger partial charge < -0.3 is 10.6 Å². The standard InChI is InChI=1S/C20H36N4O/c1-14-3-4-15(2)24(14)12-9-22-7-10-23(11-8-22)20(25)18-16-5-6-17(13-16)19(18)21/h14-19H,3-13,21H2,1-2H3. The van der Waals surface area contributed by atoms with Gasteiger partial charge in [-0.25, -0.2) is 0 Å². The minimum atomic E-state index is 0.122. The van der Waals surface area contributed by atoms with Gasteiger partial charge in [0.1, 0.15) is 0 Å². The van der Waals surface area contributed by atoms with Gasteiger partial charge in [0.2, 0.25) is 5.91 Å². The largest absolute Gasteiger partial charge is 0.340 e. The number of hydrogen-bond donors (Lipinski definition) is 1. The molecule has 2 saturated heterocycles. The first-order valence-corrected chi connectivity index (χ1v) is 10.6. The zero-order chi connectivity index (χ0) is 17.6. The average Bonchev–Trinajstić information content (AvgIpc) is 3.29. The van der Waals surface area contributed by atoms with Gasteiger partial charge in [0.05, 0.1) is 5.92 Å². The van der Waals surface area contributed by atoms with E-state index in [1.807, 2.05) is 0 Å². The highest BCUT2D eigenvalue weighted by molar-refractivity contribution is 5.80. The first kappa shape index (κ1) is 17.7. The molecule has 6 unspecified atom stereocenters. The van der Waals surface area contributed by atoms with Crippen LogP contribution in [0.4, 0.5) is 0 Å². The molecule has 0 radical (unpaired) electrons. The van der Waals surface area contributed by atoms with Gasteiger partial charge in [-0.1, -0.05) is 0 Å². The lowest BCUT2D eigenvalue weighted by molar-refractivity contribution is -0.139. The van der Waals surface area contributed by atoms with E-state index in [9.17, 15) is 4.79 Å². The van der Waals surface area contributed by atoms with Crippen LogP contribution in [0.25, 0.3) is 0 Å². The van der Waals surface area contributed by atoms with E-state index in [-0.39, 0.29) is 12.0 Å². The van der Waals surface area contributed by atoms with Crippen molar-refractivity contribution in [3.05, 3.63) is 0 Å². The third-order valence-corrected chi connectivity index (χ3v) is 7.76. The van der Waals surface area contributed by atoms with E-state index in [2.05, 4.69) is 28.5 Å². The Labute approximate surface area is 152 Å². The van der Waals surface area contributed by atoms with Crippen molar-refractivity contribution in [2.24, 2.45) is 23.5 Å². The van der Waals surface area contributed by atoms with Crippen LogP contribution in [0.5, 0.6) is 0 Å². The summed E-state index contributed by atoms with van der Waals surface area (Å²) in [6, 6.07) is 1.59. The molecule has 142 valence electrons. The van der Waals surface area contributed by atoms with Crippen molar-refractivity contribution in [2.45, 2.75) is 64.1 Å². The summed E-state index contributed by atoms with van der Waals surface area (Å²) in [6.45, 7) is 10.9. The van der Waals surface area contributed by atoms with Gasteiger partial charge in [-0.2, -0.15) is 0 Å². The Morgan fingerprint density at radius 2 is 1.56 bits per heavy atom. The Hall–Kier alpha value is -0.650. The van der Waals surface area contributed by atoms with Crippen molar-refractivity contribution in [2.75, 3.05) is 39.3 Å². The lowest BCUT2D eigenvalue weighted by atomic mass is 9.84. The highest BCUT2D eigenvalue weighted by atomic mass is 16.2. The zero-order valence-corrected chi connectivity index (χ0v) is 16.1. The van der Waals surface area contributed by atoms with Gasteiger partial charge in [-0.3, -0.25) is 14.6 Å². The van der Waals surface area contributed by atoms with Crippen LogP contribution in [0.3, 0.4) is 0 Å². The third-order valence-electron chi connectivity index (χ3n) is 7.76. The van der Waals surface area contributed by atoms with E-state index >= 15 is 0 Å². The Balaban J connectivity index is 1.24. The quantitative estimate of drug-likeness (QED) is 0.834. The van der Waals surface area contributed by atoms with Crippen molar-refractivity contribution < 1.29 is 4.79 Å². The molecule has 2 bridgehead atoms.